The zero-order valence-electron chi connectivity index (χ0n) is 11.4. The highest BCUT2D eigenvalue weighted by Gasteiger charge is 2.31. The molecule has 2 aromatic rings. The van der Waals surface area contributed by atoms with Crippen molar-refractivity contribution in [2.45, 2.75) is 4.90 Å². The van der Waals surface area contributed by atoms with Gasteiger partial charge in [0, 0.05) is 4.90 Å². The molecule has 0 aromatic heterocycles. The van der Waals surface area contributed by atoms with Crippen molar-refractivity contribution in [2.24, 2.45) is 0 Å². The largest absolute Gasteiger partial charge is 0.288 e. The summed E-state index contributed by atoms with van der Waals surface area (Å²) in [5, 5.41) is 2.39. The van der Waals surface area contributed by atoms with Crippen LogP contribution < -0.4 is 5.32 Å². The van der Waals surface area contributed by atoms with Crippen molar-refractivity contribution < 1.29 is 9.59 Å². The molecule has 0 radical (unpaired) electrons. The minimum atomic E-state index is -0.338. The molecular weight excluding hydrogens is 282 g/mol. The number of carbonyl (C=O) groups is 2. The lowest BCUT2D eigenvalue weighted by atomic mass is 9.96. The number of imide groups is 1. The van der Waals surface area contributed by atoms with Gasteiger partial charge in [0.25, 0.3) is 11.8 Å². The minimum Gasteiger partial charge on any atom is -0.288 e. The number of nitrogens with one attached hydrogen (secondary N) is 1. The van der Waals surface area contributed by atoms with Crippen molar-refractivity contribution >= 4 is 34.7 Å². The summed E-state index contributed by atoms with van der Waals surface area (Å²) in [4.78, 5) is 25.3. The fourth-order valence-corrected chi connectivity index (χ4v) is 2.78. The maximum atomic E-state index is 12.1. The zero-order chi connectivity index (χ0) is 14.8. The van der Waals surface area contributed by atoms with E-state index in [1.54, 1.807) is 11.8 Å². The smallest absolute Gasteiger partial charge is 0.259 e. The first-order chi connectivity index (χ1) is 10.2. The van der Waals surface area contributed by atoms with E-state index in [-0.39, 0.29) is 11.8 Å². The number of rotatable bonds is 3. The second-order valence-corrected chi connectivity index (χ2v) is 5.51. The van der Waals surface area contributed by atoms with Gasteiger partial charge < -0.3 is 0 Å². The average molecular weight is 295 g/mol. The quantitative estimate of drug-likeness (QED) is 0.699. The molecule has 1 N–H and O–H groups in total. The predicted octanol–water partition coefficient (Wildman–Crippen LogP) is 2.98. The Morgan fingerprint density at radius 1 is 0.762 bits per heavy atom. The Hall–Kier alpha value is -2.33. The molecule has 1 aliphatic rings. The topological polar surface area (TPSA) is 46.2 Å². The Bertz CT molecular complexity index is 733. The predicted molar refractivity (Wildman–Crippen MR) is 84.6 cm³/mol. The maximum absolute atomic E-state index is 12.1. The average Bonchev–Trinajstić information content (AvgIpc) is 2.82. The third-order valence-corrected chi connectivity index (χ3v) is 4.12. The molecule has 0 spiro atoms. The van der Waals surface area contributed by atoms with Crippen LogP contribution in [0.15, 0.2) is 59.5 Å². The number of carbonyl (C=O) groups excluding carboxylic acids is 2. The van der Waals surface area contributed by atoms with Crippen LogP contribution in [0.3, 0.4) is 0 Å². The van der Waals surface area contributed by atoms with Gasteiger partial charge in [0.05, 0.1) is 11.1 Å². The van der Waals surface area contributed by atoms with E-state index in [1.807, 2.05) is 60.9 Å². The molecule has 21 heavy (non-hydrogen) atoms. The van der Waals surface area contributed by atoms with Crippen LogP contribution in [0.4, 0.5) is 0 Å². The standard InChI is InChI=1S/C17H13NO2S/c1-21-13-9-7-12(8-10-13)15-14(16(19)18-17(15)20)11-5-3-2-4-6-11/h2-10H,1H3,(H,18,19,20). The molecule has 0 fully saturated rings. The number of hydrogen-bond acceptors (Lipinski definition) is 3. The van der Waals surface area contributed by atoms with Gasteiger partial charge in [-0.2, -0.15) is 0 Å². The molecule has 3 nitrogen and oxygen atoms in total. The summed E-state index contributed by atoms with van der Waals surface area (Å²) in [6, 6.07) is 16.9. The van der Waals surface area contributed by atoms with Gasteiger partial charge in [0.2, 0.25) is 0 Å². The third kappa shape index (κ3) is 2.50. The maximum Gasteiger partial charge on any atom is 0.259 e. The van der Waals surface area contributed by atoms with E-state index in [1.165, 1.54) is 0 Å². The fraction of sp³-hybridized carbons (Fsp3) is 0.0588. The highest BCUT2D eigenvalue weighted by atomic mass is 32.2. The van der Waals surface area contributed by atoms with Crippen LogP contribution in [-0.4, -0.2) is 18.1 Å². The lowest BCUT2D eigenvalue weighted by Crippen LogP contribution is -2.22. The summed E-state index contributed by atoms with van der Waals surface area (Å²) in [6.07, 6.45) is 2.00. The highest BCUT2D eigenvalue weighted by molar-refractivity contribution is 7.98. The summed E-state index contributed by atoms with van der Waals surface area (Å²) in [5.41, 5.74) is 2.40. The molecule has 0 unspecified atom stereocenters. The van der Waals surface area contributed by atoms with Crippen molar-refractivity contribution in [1.29, 1.82) is 0 Å². The first kappa shape index (κ1) is 13.6. The minimum absolute atomic E-state index is 0.337. The van der Waals surface area contributed by atoms with Crippen molar-refractivity contribution in [2.75, 3.05) is 6.26 Å². The van der Waals surface area contributed by atoms with Crippen molar-refractivity contribution in [1.82, 2.24) is 5.32 Å². The lowest BCUT2D eigenvalue weighted by Gasteiger charge is -2.05. The van der Waals surface area contributed by atoms with E-state index in [0.29, 0.717) is 11.1 Å². The van der Waals surface area contributed by atoms with E-state index in [2.05, 4.69) is 5.32 Å². The Kier molecular flexibility index (Phi) is 3.62. The van der Waals surface area contributed by atoms with Gasteiger partial charge in [-0.3, -0.25) is 14.9 Å². The van der Waals surface area contributed by atoms with Crippen LogP contribution in [0.25, 0.3) is 11.1 Å². The molecule has 2 amide bonds. The molecule has 0 atom stereocenters. The second-order valence-electron chi connectivity index (χ2n) is 4.63. The monoisotopic (exact) mass is 295 g/mol. The normalized spacial score (nSPS) is 14.5. The van der Waals surface area contributed by atoms with Crippen LogP contribution >= 0.6 is 11.8 Å². The molecule has 1 aliphatic heterocycles. The van der Waals surface area contributed by atoms with Gasteiger partial charge in [0.1, 0.15) is 0 Å². The molecule has 0 bridgehead atoms. The molecular formula is C17H13NO2S. The van der Waals surface area contributed by atoms with Crippen molar-refractivity contribution in [3.8, 4) is 0 Å². The number of hydrogen-bond donors (Lipinski definition) is 1. The van der Waals surface area contributed by atoms with E-state index >= 15 is 0 Å². The van der Waals surface area contributed by atoms with Crippen LogP contribution in [0.2, 0.25) is 0 Å². The first-order valence-electron chi connectivity index (χ1n) is 6.50. The Balaban J connectivity index is 2.16. The van der Waals surface area contributed by atoms with Gasteiger partial charge in [0.15, 0.2) is 0 Å². The summed E-state index contributed by atoms with van der Waals surface area (Å²) in [7, 11) is 0. The van der Waals surface area contributed by atoms with E-state index in [0.717, 1.165) is 16.0 Å². The Morgan fingerprint density at radius 2 is 1.29 bits per heavy atom. The first-order valence-corrected chi connectivity index (χ1v) is 7.73. The lowest BCUT2D eigenvalue weighted by molar-refractivity contribution is -0.122. The molecule has 1 heterocycles. The fourth-order valence-electron chi connectivity index (χ4n) is 2.37. The highest BCUT2D eigenvalue weighted by Crippen LogP contribution is 2.31. The van der Waals surface area contributed by atoms with Gasteiger partial charge in [-0.15, -0.1) is 11.8 Å². The van der Waals surface area contributed by atoms with Crippen LogP contribution in [0.1, 0.15) is 11.1 Å². The molecule has 0 aliphatic carbocycles. The van der Waals surface area contributed by atoms with E-state index < -0.39 is 0 Å². The molecule has 3 rings (SSSR count). The number of benzene rings is 2. The molecule has 0 saturated heterocycles. The molecule has 104 valence electrons. The zero-order valence-corrected chi connectivity index (χ0v) is 12.2. The summed E-state index contributed by atoms with van der Waals surface area (Å²) in [6.45, 7) is 0. The van der Waals surface area contributed by atoms with Crippen molar-refractivity contribution in [3.63, 3.8) is 0 Å². The second kappa shape index (κ2) is 5.58. The molecule has 0 saturated carbocycles. The SMILES string of the molecule is CSc1ccc(C2=C(c3ccccc3)C(=O)NC2=O)cc1. The Labute approximate surface area is 127 Å². The van der Waals surface area contributed by atoms with Gasteiger partial charge in [-0.25, -0.2) is 0 Å². The summed E-state index contributed by atoms with van der Waals surface area (Å²) < 4.78 is 0. The van der Waals surface area contributed by atoms with Gasteiger partial charge >= 0.3 is 0 Å². The Morgan fingerprint density at radius 3 is 1.81 bits per heavy atom. The van der Waals surface area contributed by atoms with Gasteiger partial charge in [-0.05, 0) is 29.5 Å². The molecule has 2 aromatic carbocycles. The van der Waals surface area contributed by atoms with Crippen LogP contribution in [-0.2, 0) is 9.59 Å². The van der Waals surface area contributed by atoms with Crippen LogP contribution in [0.5, 0.6) is 0 Å². The van der Waals surface area contributed by atoms with Gasteiger partial charge in [-0.1, -0.05) is 42.5 Å². The van der Waals surface area contributed by atoms with Crippen LogP contribution in [0, 0.1) is 0 Å². The number of amides is 2. The number of thioether (sulfide) groups is 1. The summed E-state index contributed by atoms with van der Waals surface area (Å²) >= 11 is 1.64. The van der Waals surface area contributed by atoms with Crippen molar-refractivity contribution in [3.05, 3.63) is 65.7 Å². The van der Waals surface area contributed by atoms with E-state index in [4.69, 9.17) is 0 Å². The van der Waals surface area contributed by atoms with E-state index in [9.17, 15) is 9.59 Å². The summed E-state index contributed by atoms with van der Waals surface area (Å²) in [5.74, 6) is -0.675. The third-order valence-electron chi connectivity index (χ3n) is 3.37. The molecule has 4 heteroatoms.